The molecule has 8 heteroatoms. The van der Waals surface area contributed by atoms with Crippen LogP contribution in [-0.2, 0) is 27.0 Å². The maximum atomic E-state index is 14.5. The van der Waals surface area contributed by atoms with E-state index >= 15 is 0 Å². The zero-order chi connectivity index (χ0) is 27.7. The van der Waals surface area contributed by atoms with Crippen LogP contribution in [0.5, 0.6) is 11.5 Å². The Balaban J connectivity index is 1.47. The van der Waals surface area contributed by atoms with Crippen molar-refractivity contribution >= 4 is 16.7 Å². The Kier molecular flexibility index (Phi) is 7.61. The van der Waals surface area contributed by atoms with E-state index in [9.17, 15) is 9.90 Å². The van der Waals surface area contributed by atoms with E-state index < -0.39 is 5.54 Å². The summed E-state index contributed by atoms with van der Waals surface area (Å²) in [4.78, 5) is 20.5. The Labute approximate surface area is 236 Å². The molecule has 2 aliphatic heterocycles. The number of carbonyl (C=O) groups is 1. The van der Waals surface area contributed by atoms with Crippen molar-refractivity contribution in [3.05, 3.63) is 59.3 Å². The van der Waals surface area contributed by atoms with Crippen LogP contribution < -0.4 is 14.8 Å². The molecule has 3 heterocycles. The summed E-state index contributed by atoms with van der Waals surface area (Å²) in [5.74, 6) is 1.68. The number of hydrogen-bond donors (Lipinski definition) is 3. The minimum atomic E-state index is -1.13. The number of methoxy groups -OCH3 is 2. The Hall–Kier alpha value is -2.91. The molecule has 1 atom stereocenters. The fourth-order valence-electron chi connectivity index (χ4n) is 7.10. The van der Waals surface area contributed by atoms with Crippen LogP contribution in [0.1, 0.15) is 48.9 Å². The van der Waals surface area contributed by atoms with E-state index in [2.05, 4.69) is 33.4 Å². The second kappa shape index (κ2) is 11.2. The van der Waals surface area contributed by atoms with E-state index in [1.54, 1.807) is 14.2 Å². The molecule has 3 aliphatic rings. The van der Waals surface area contributed by atoms with Gasteiger partial charge in [-0.25, -0.2) is 0 Å². The molecule has 40 heavy (non-hydrogen) atoms. The van der Waals surface area contributed by atoms with E-state index in [0.29, 0.717) is 26.3 Å². The minimum absolute atomic E-state index is 0.0259. The number of nitrogens with zero attached hydrogens (tertiary/aromatic N) is 1. The fraction of sp³-hybridized carbons (Fsp3) is 0.531. The van der Waals surface area contributed by atoms with Crippen LogP contribution in [0.4, 0.5) is 0 Å². The van der Waals surface area contributed by atoms with Gasteiger partial charge in [0.2, 0.25) is 0 Å². The molecule has 2 aromatic carbocycles. The second-order valence-electron chi connectivity index (χ2n) is 11.7. The molecule has 0 bridgehead atoms. The van der Waals surface area contributed by atoms with E-state index in [1.807, 2.05) is 24.3 Å². The summed E-state index contributed by atoms with van der Waals surface area (Å²) in [6.45, 7) is 3.89. The van der Waals surface area contributed by atoms with Crippen LogP contribution in [-0.4, -0.2) is 74.4 Å². The number of nitrogens with one attached hydrogen (secondary N) is 2. The van der Waals surface area contributed by atoms with Crippen molar-refractivity contribution in [3.8, 4) is 11.5 Å². The van der Waals surface area contributed by atoms with Gasteiger partial charge in [-0.2, -0.15) is 0 Å². The number of rotatable bonds is 10. The van der Waals surface area contributed by atoms with Crippen molar-refractivity contribution < 1.29 is 24.1 Å². The lowest BCUT2D eigenvalue weighted by atomic mass is 9.63. The molecule has 0 amide bonds. The van der Waals surface area contributed by atoms with Gasteiger partial charge < -0.3 is 29.6 Å². The first-order chi connectivity index (χ1) is 19.5. The number of aliphatic hydroxyl groups is 1. The summed E-state index contributed by atoms with van der Waals surface area (Å²) in [7, 11) is 3.33. The van der Waals surface area contributed by atoms with Gasteiger partial charge in [-0.3, -0.25) is 9.69 Å². The topological polar surface area (TPSA) is 96.1 Å². The molecular formula is C32H41N3O5. The summed E-state index contributed by atoms with van der Waals surface area (Å²) in [6, 6.07) is 14.2. The van der Waals surface area contributed by atoms with Crippen molar-refractivity contribution in [2.24, 2.45) is 5.92 Å². The van der Waals surface area contributed by atoms with E-state index in [0.717, 1.165) is 78.9 Å². The third-order valence-electron chi connectivity index (χ3n) is 9.51. The van der Waals surface area contributed by atoms with Gasteiger partial charge in [0, 0.05) is 48.5 Å². The lowest BCUT2D eigenvalue weighted by molar-refractivity contribution is -0.146. The number of aromatic nitrogens is 1. The number of hydrogen-bond acceptors (Lipinski definition) is 7. The number of aliphatic hydroxyl groups excluding tert-OH is 1. The normalized spacial score (nSPS) is 22.7. The van der Waals surface area contributed by atoms with E-state index in [4.69, 9.17) is 14.2 Å². The predicted molar refractivity (Wildman–Crippen MR) is 154 cm³/mol. The van der Waals surface area contributed by atoms with Gasteiger partial charge in [0.25, 0.3) is 0 Å². The van der Waals surface area contributed by atoms with Gasteiger partial charge in [0.05, 0.1) is 26.0 Å². The van der Waals surface area contributed by atoms with Crippen LogP contribution in [0.15, 0.2) is 42.5 Å². The average molecular weight is 548 g/mol. The first-order valence-corrected chi connectivity index (χ1v) is 14.6. The Morgan fingerprint density at radius 2 is 1.80 bits per heavy atom. The summed E-state index contributed by atoms with van der Waals surface area (Å²) < 4.78 is 16.4. The monoisotopic (exact) mass is 547 g/mol. The zero-order valence-corrected chi connectivity index (χ0v) is 23.6. The number of benzene rings is 2. The summed E-state index contributed by atoms with van der Waals surface area (Å²) in [5, 5.41) is 16.0. The molecule has 1 aliphatic carbocycles. The molecule has 1 spiro atoms. The summed E-state index contributed by atoms with van der Waals surface area (Å²) in [6.07, 6.45) is 4.79. The van der Waals surface area contributed by atoms with Crippen molar-refractivity contribution in [1.29, 1.82) is 0 Å². The molecule has 6 rings (SSSR count). The first kappa shape index (κ1) is 27.3. The third-order valence-corrected chi connectivity index (χ3v) is 9.51. The predicted octanol–water partition coefficient (Wildman–Crippen LogP) is 3.90. The van der Waals surface area contributed by atoms with Gasteiger partial charge in [-0.1, -0.05) is 18.6 Å². The van der Waals surface area contributed by atoms with Crippen LogP contribution in [0.3, 0.4) is 0 Å². The lowest BCUT2D eigenvalue weighted by Gasteiger charge is -2.54. The number of carbonyl (C=O) groups excluding carboxylic acids is 1. The molecule has 1 aromatic heterocycles. The number of ketones is 1. The highest BCUT2D eigenvalue weighted by molar-refractivity contribution is 5.97. The largest absolute Gasteiger partial charge is 0.497 e. The fourth-order valence-corrected chi connectivity index (χ4v) is 7.10. The number of fused-ring (bicyclic) bond motifs is 4. The SMILES string of the molecule is COCCOc1ccc(CN2CC3(CCNCC3)c3c([nH]c4cc(OC)ccc34)C2(CO)C(=O)C2CCC2)cc1. The molecule has 8 nitrogen and oxygen atoms in total. The average Bonchev–Trinajstić information content (AvgIpc) is 3.34. The molecular weight excluding hydrogens is 506 g/mol. The maximum Gasteiger partial charge on any atom is 0.164 e. The number of H-pyrrole nitrogens is 1. The molecule has 1 unspecified atom stereocenters. The molecule has 0 radical (unpaired) electrons. The highest BCUT2D eigenvalue weighted by Crippen LogP contribution is 2.52. The lowest BCUT2D eigenvalue weighted by Crippen LogP contribution is -2.65. The summed E-state index contributed by atoms with van der Waals surface area (Å²) in [5.41, 5.74) is 2.88. The third kappa shape index (κ3) is 4.51. The van der Waals surface area contributed by atoms with Crippen LogP contribution in [0.25, 0.3) is 10.9 Å². The molecule has 1 saturated carbocycles. The van der Waals surface area contributed by atoms with E-state index in [-0.39, 0.29) is 23.7 Å². The minimum Gasteiger partial charge on any atom is -0.497 e. The van der Waals surface area contributed by atoms with Gasteiger partial charge >= 0.3 is 0 Å². The van der Waals surface area contributed by atoms with Crippen LogP contribution in [0, 0.1) is 5.92 Å². The van der Waals surface area contributed by atoms with Crippen molar-refractivity contribution in [1.82, 2.24) is 15.2 Å². The zero-order valence-electron chi connectivity index (χ0n) is 23.6. The first-order valence-electron chi connectivity index (χ1n) is 14.6. The van der Waals surface area contributed by atoms with Gasteiger partial charge in [0.15, 0.2) is 5.78 Å². The Morgan fingerprint density at radius 1 is 1.05 bits per heavy atom. The maximum absolute atomic E-state index is 14.5. The smallest absolute Gasteiger partial charge is 0.164 e. The highest BCUT2D eigenvalue weighted by Gasteiger charge is 2.58. The van der Waals surface area contributed by atoms with Crippen LogP contribution in [0.2, 0.25) is 0 Å². The van der Waals surface area contributed by atoms with Gasteiger partial charge in [-0.15, -0.1) is 0 Å². The van der Waals surface area contributed by atoms with Gasteiger partial charge in [0.1, 0.15) is 23.6 Å². The van der Waals surface area contributed by atoms with E-state index in [1.165, 1.54) is 5.56 Å². The Bertz CT molecular complexity index is 1340. The molecule has 3 aromatic rings. The molecule has 214 valence electrons. The van der Waals surface area contributed by atoms with Crippen molar-refractivity contribution in [3.63, 3.8) is 0 Å². The summed E-state index contributed by atoms with van der Waals surface area (Å²) >= 11 is 0. The Morgan fingerprint density at radius 3 is 2.45 bits per heavy atom. The standard InChI is InChI=1S/C32H41N3O5/c1-38-16-17-40-24-8-6-22(7-9-24)19-35-20-31(12-14-33-15-13-31)28-26-11-10-25(39-2)18-27(26)34-29(28)32(35,21-36)30(37)23-4-3-5-23/h6-11,18,23,33-34,36H,3-5,12-17,19-21H2,1-2H3. The molecule has 3 N–H and O–H groups in total. The highest BCUT2D eigenvalue weighted by atomic mass is 16.5. The van der Waals surface area contributed by atoms with Crippen molar-refractivity contribution in [2.45, 2.75) is 49.6 Å². The number of Topliss-reactive ketones (excluding diaryl/α,β-unsaturated/α-hetero) is 1. The quantitative estimate of drug-likeness (QED) is 0.332. The second-order valence-corrected chi connectivity index (χ2v) is 11.7. The van der Waals surface area contributed by atoms with Crippen molar-refractivity contribution in [2.75, 3.05) is 53.7 Å². The number of piperidine rings is 1. The molecule has 2 fully saturated rings. The van der Waals surface area contributed by atoms with Crippen LogP contribution >= 0.6 is 0 Å². The molecule has 1 saturated heterocycles. The number of aromatic amines is 1. The number of ether oxygens (including phenoxy) is 3. The van der Waals surface area contributed by atoms with Gasteiger partial charge in [-0.05, 0) is 74.2 Å².